The maximum atomic E-state index is 13.7. The Morgan fingerprint density at radius 1 is 1.03 bits per heavy atom. The molecule has 1 aliphatic heterocycles. The number of nitrogens with zero attached hydrogens (tertiary/aromatic N) is 2. The lowest BCUT2D eigenvalue weighted by atomic mass is 10.00. The quantitative estimate of drug-likeness (QED) is 0.556. The van der Waals surface area contributed by atoms with Crippen LogP contribution in [0.4, 0.5) is 0 Å². The summed E-state index contributed by atoms with van der Waals surface area (Å²) < 4.78 is 17.9. The molecule has 0 spiro atoms. The number of aromatic nitrogens is 1. The molecule has 33 heavy (non-hydrogen) atoms. The lowest BCUT2D eigenvalue weighted by Crippen LogP contribution is -2.42. The van der Waals surface area contributed by atoms with E-state index in [0.29, 0.717) is 46.7 Å². The summed E-state index contributed by atoms with van der Waals surface area (Å²) in [4.78, 5) is 29.2. The van der Waals surface area contributed by atoms with Crippen molar-refractivity contribution in [2.75, 3.05) is 27.4 Å². The molecule has 0 aliphatic carbocycles. The van der Waals surface area contributed by atoms with Gasteiger partial charge in [0, 0.05) is 29.9 Å². The van der Waals surface area contributed by atoms with Crippen LogP contribution in [0.1, 0.15) is 43.5 Å². The number of pyridine rings is 1. The third kappa shape index (κ3) is 4.27. The van der Waals surface area contributed by atoms with Gasteiger partial charge in [0.1, 0.15) is 5.75 Å². The first-order valence-electron chi connectivity index (χ1n) is 11.3. The third-order valence-electron chi connectivity index (χ3n) is 6.24. The number of benzene rings is 2. The largest absolute Gasteiger partial charge is 0.494 e. The van der Waals surface area contributed by atoms with Gasteiger partial charge < -0.3 is 19.1 Å². The Labute approximate surface area is 193 Å². The highest BCUT2D eigenvalue weighted by molar-refractivity contribution is 6.07. The maximum Gasteiger partial charge on any atom is 0.263 e. The molecule has 1 saturated heterocycles. The Kier molecular flexibility index (Phi) is 6.58. The van der Waals surface area contributed by atoms with Crippen LogP contribution < -0.4 is 19.8 Å². The van der Waals surface area contributed by atoms with E-state index in [0.717, 1.165) is 25.0 Å². The minimum Gasteiger partial charge on any atom is -0.494 e. The van der Waals surface area contributed by atoms with Gasteiger partial charge in [-0.3, -0.25) is 14.2 Å². The minimum absolute atomic E-state index is 0.0842. The van der Waals surface area contributed by atoms with Crippen LogP contribution in [-0.2, 0) is 0 Å². The van der Waals surface area contributed by atoms with E-state index < -0.39 is 0 Å². The first-order valence-corrected chi connectivity index (χ1v) is 11.3. The van der Waals surface area contributed by atoms with E-state index in [2.05, 4.69) is 6.92 Å². The number of likely N-dealkylation sites (tertiary alicyclic amines) is 1. The number of hydrogen-bond acceptors (Lipinski definition) is 5. The number of fused-ring (bicyclic) bond motifs is 1. The highest BCUT2D eigenvalue weighted by atomic mass is 16.5. The summed E-state index contributed by atoms with van der Waals surface area (Å²) in [5, 5.41) is 0.958. The molecule has 1 aliphatic rings. The Hall–Kier alpha value is -3.48. The van der Waals surface area contributed by atoms with Crippen molar-refractivity contribution in [1.29, 1.82) is 0 Å². The van der Waals surface area contributed by atoms with Crippen molar-refractivity contribution < 1.29 is 19.0 Å². The summed E-state index contributed by atoms with van der Waals surface area (Å²) in [5.74, 6) is 1.55. The summed E-state index contributed by atoms with van der Waals surface area (Å²) in [6, 6.07) is 10.8. The zero-order chi connectivity index (χ0) is 23.5. The number of amides is 1. The van der Waals surface area contributed by atoms with Crippen molar-refractivity contribution in [2.24, 2.45) is 0 Å². The number of rotatable bonds is 6. The number of carbonyl (C=O) groups is 1. The van der Waals surface area contributed by atoms with E-state index in [1.165, 1.54) is 11.7 Å². The van der Waals surface area contributed by atoms with Crippen LogP contribution in [0.15, 0.2) is 47.4 Å². The summed E-state index contributed by atoms with van der Waals surface area (Å²) in [7, 11) is 3.07. The minimum atomic E-state index is -0.238. The van der Waals surface area contributed by atoms with Crippen molar-refractivity contribution in [3.05, 3.63) is 58.5 Å². The van der Waals surface area contributed by atoms with Gasteiger partial charge in [0.25, 0.3) is 11.5 Å². The molecule has 4 rings (SSSR count). The zero-order valence-electron chi connectivity index (χ0n) is 19.6. The second-order valence-electron chi connectivity index (χ2n) is 8.24. The molecular weight excluding hydrogens is 420 g/mol. The van der Waals surface area contributed by atoms with Gasteiger partial charge in [0.05, 0.1) is 31.8 Å². The van der Waals surface area contributed by atoms with E-state index in [-0.39, 0.29) is 17.5 Å². The van der Waals surface area contributed by atoms with E-state index >= 15 is 0 Å². The molecule has 1 unspecified atom stereocenters. The van der Waals surface area contributed by atoms with Gasteiger partial charge in [0.2, 0.25) is 0 Å². The highest BCUT2D eigenvalue weighted by Crippen LogP contribution is 2.33. The standard InChI is InChI=1S/C26H30N2O5/c1-5-33-19-11-9-18(10-12-19)28-16-22(26(30)27-13-7-6-8-17(27)2)20-14-23(31-3)24(32-4)15-21(20)25(28)29/h9-12,14-17H,5-8,13H2,1-4H3. The van der Waals surface area contributed by atoms with Gasteiger partial charge >= 0.3 is 0 Å². The SMILES string of the molecule is CCOc1ccc(-n2cc(C(=O)N3CCCCC3C)c3cc(OC)c(OC)cc3c2=O)cc1. The Bertz CT molecular complexity index is 1220. The van der Waals surface area contributed by atoms with E-state index in [9.17, 15) is 9.59 Å². The van der Waals surface area contributed by atoms with E-state index in [4.69, 9.17) is 14.2 Å². The number of hydrogen-bond donors (Lipinski definition) is 0. The number of carbonyl (C=O) groups excluding carboxylic acids is 1. The van der Waals surface area contributed by atoms with Gasteiger partial charge in [-0.2, -0.15) is 0 Å². The van der Waals surface area contributed by atoms with Gasteiger partial charge in [-0.15, -0.1) is 0 Å². The van der Waals surface area contributed by atoms with Gasteiger partial charge in [0.15, 0.2) is 11.5 Å². The molecule has 0 N–H and O–H groups in total. The molecule has 3 aromatic rings. The van der Waals surface area contributed by atoms with Crippen LogP contribution in [-0.4, -0.2) is 48.8 Å². The third-order valence-corrected chi connectivity index (χ3v) is 6.24. The lowest BCUT2D eigenvalue weighted by Gasteiger charge is -2.33. The Morgan fingerprint density at radius 2 is 1.70 bits per heavy atom. The first-order chi connectivity index (χ1) is 16.0. The fraction of sp³-hybridized carbons (Fsp3) is 0.385. The molecule has 0 saturated carbocycles. The molecule has 7 nitrogen and oxygen atoms in total. The predicted octanol–water partition coefficient (Wildman–Crippen LogP) is 4.42. The average molecular weight is 451 g/mol. The summed E-state index contributed by atoms with van der Waals surface area (Å²) >= 11 is 0. The predicted molar refractivity (Wildman–Crippen MR) is 128 cm³/mol. The molecule has 1 amide bonds. The van der Waals surface area contributed by atoms with Crippen molar-refractivity contribution in [2.45, 2.75) is 39.2 Å². The van der Waals surface area contributed by atoms with Crippen LogP contribution in [0, 0.1) is 0 Å². The highest BCUT2D eigenvalue weighted by Gasteiger charge is 2.27. The fourth-order valence-electron chi connectivity index (χ4n) is 4.45. The second kappa shape index (κ2) is 9.57. The maximum absolute atomic E-state index is 13.7. The van der Waals surface area contributed by atoms with E-state index in [1.807, 2.05) is 36.1 Å². The van der Waals surface area contributed by atoms with Crippen molar-refractivity contribution in [3.8, 4) is 22.9 Å². The van der Waals surface area contributed by atoms with Crippen LogP contribution in [0.5, 0.6) is 17.2 Å². The molecule has 174 valence electrons. The van der Waals surface area contributed by atoms with Crippen LogP contribution in [0.25, 0.3) is 16.5 Å². The van der Waals surface area contributed by atoms with E-state index in [1.54, 1.807) is 25.4 Å². The molecule has 0 radical (unpaired) electrons. The molecule has 2 aromatic carbocycles. The lowest BCUT2D eigenvalue weighted by molar-refractivity contribution is 0.0637. The summed E-state index contributed by atoms with van der Waals surface area (Å²) in [5.41, 5.74) is 0.882. The molecule has 0 bridgehead atoms. The number of ether oxygens (including phenoxy) is 3. The fourth-order valence-corrected chi connectivity index (χ4v) is 4.45. The van der Waals surface area contributed by atoms with Crippen molar-refractivity contribution >= 4 is 16.7 Å². The van der Waals surface area contributed by atoms with Crippen LogP contribution in [0.3, 0.4) is 0 Å². The Balaban J connectivity index is 1.94. The molecule has 2 heterocycles. The monoisotopic (exact) mass is 450 g/mol. The van der Waals surface area contributed by atoms with Gasteiger partial charge in [-0.05, 0) is 69.5 Å². The van der Waals surface area contributed by atoms with Crippen LogP contribution >= 0.6 is 0 Å². The van der Waals surface area contributed by atoms with Crippen LogP contribution in [0.2, 0.25) is 0 Å². The Morgan fingerprint density at radius 3 is 2.30 bits per heavy atom. The normalized spacial score (nSPS) is 16.0. The smallest absolute Gasteiger partial charge is 0.263 e. The number of piperidine rings is 1. The number of methoxy groups -OCH3 is 2. The topological polar surface area (TPSA) is 70.0 Å². The first kappa shape index (κ1) is 22.7. The molecule has 1 fully saturated rings. The van der Waals surface area contributed by atoms with Gasteiger partial charge in [-0.1, -0.05) is 0 Å². The summed E-state index contributed by atoms with van der Waals surface area (Å²) in [6.45, 7) is 5.26. The molecule has 7 heteroatoms. The second-order valence-corrected chi connectivity index (χ2v) is 8.24. The zero-order valence-corrected chi connectivity index (χ0v) is 19.6. The van der Waals surface area contributed by atoms with Crippen molar-refractivity contribution in [1.82, 2.24) is 9.47 Å². The average Bonchev–Trinajstić information content (AvgIpc) is 2.84. The van der Waals surface area contributed by atoms with Gasteiger partial charge in [-0.25, -0.2) is 0 Å². The van der Waals surface area contributed by atoms with Crippen molar-refractivity contribution in [3.63, 3.8) is 0 Å². The molecule has 1 atom stereocenters. The summed E-state index contributed by atoms with van der Waals surface area (Å²) in [6.07, 6.45) is 4.71. The molecule has 1 aromatic heterocycles. The molecular formula is C26H30N2O5.